The Morgan fingerprint density at radius 1 is 0.370 bits per heavy atom. The highest BCUT2D eigenvalue weighted by Crippen LogP contribution is 2.40. The molecule has 0 unspecified atom stereocenters. The van der Waals surface area contributed by atoms with Crippen molar-refractivity contribution in [1.29, 1.82) is 0 Å². The van der Waals surface area contributed by atoms with Gasteiger partial charge in [-0.05, 0) is 98.2 Å². The quantitative estimate of drug-likeness (QED) is 0.0619. The standard InChI is InChI=1S/C52H66N2/c1-5-7-9-11-13-15-17-19-27-43-31-35-45(36-32-43)53-49(47-29-23-21-25-41(47)3)39-52-51(53)40-50(48-30-24-22-26-42(48)4)54(52)46-37-33-44(34-38-46)28-20-18-16-14-12-10-8-6-2/h21-26,29-40H,5-20,27-28H2,1-4H3. The number of rotatable bonds is 22. The maximum absolute atomic E-state index is 2.51. The third-order valence-corrected chi connectivity index (χ3v) is 11.6. The van der Waals surface area contributed by atoms with Crippen molar-refractivity contribution < 1.29 is 0 Å². The number of hydrogen-bond acceptors (Lipinski definition) is 0. The van der Waals surface area contributed by atoms with Gasteiger partial charge in [0.05, 0.1) is 22.4 Å². The first kappa shape index (κ1) is 39.4. The molecule has 0 aliphatic rings. The van der Waals surface area contributed by atoms with Gasteiger partial charge in [-0.25, -0.2) is 0 Å². The summed E-state index contributed by atoms with van der Waals surface area (Å²) in [5, 5.41) is 0. The van der Waals surface area contributed by atoms with E-state index in [0.717, 1.165) is 12.8 Å². The summed E-state index contributed by atoms with van der Waals surface area (Å²) in [5.41, 5.74) is 15.4. The lowest BCUT2D eigenvalue weighted by molar-refractivity contribution is 0.575. The lowest BCUT2D eigenvalue weighted by atomic mass is 10.0. The molecule has 2 aromatic heterocycles. The molecule has 6 rings (SSSR count). The number of nitrogens with zero attached hydrogens (tertiary/aromatic N) is 2. The number of fused-ring (bicyclic) bond motifs is 1. The van der Waals surface area contributed by atoms with Crippen LogP contribution in [0, 0.1) is 13.8 Å². The van der Waals surface area contributed by atoms with Crippen molar-refractivity contribution in [1.82, 2.24) is 9.13 Å². The summed E-state index contributed by atoms with van der Waals surface area (Å²) in [5.74, 6) is 0. The lowest BCUT2D eigenvalue weighted by Crippen LogP contribution is -1.99. The molecule has 0 aliphatic heterocycles. The zero-order chi connectivity index (χ0) is 37.5. The minimum Gasteiger partial charge on any atom is -0.308 e. The summed E-state index contributed by atoms with van der Waals surface area (Å²) < 4.78 is 5.01. The summed E-state index contributed by atoms with van der Waals surface area (Å²) >= 11 is 0. The Morgan fingerprint density at radius 3 is 1.06 bits per heavy atom. The third-order valence-electron chi connectivity index (χ3n) is 11.6. The predicted molar refractivity (Wildman–Crippen MR) is 236 cm³/mol. The topological polar surface area (TPSA) is 9.86 Å². The average Bonchev–Trinajstić information content (AvgIpc) is 3.74. The first-order valence-electron chi connectivity index (χ1n) is 21.7. The van der Waals surface area contributed by atoms with Crippen LogP contribution in [0.4, 0.5) is 0 Å². The Kier molecular flexibility index (Phi) is 14.9. The molecule has 2 heteroatoms. The van der Waals surface area contributed by atoms with Crippen LogP contribution in [0.1, 0.15) is 139 Å². The maximum Gasteiger partial charge on any atom is 0.0724 e. The SMILES string of the molecule is CCCCCCCCCCc1ccc(-n2c(-c3ccccc3C)cc3c2cc(-c2ccccc2C)n3-c2ccc(CCCCCCCCCC)cc2)cc1. The average molecular weight is 719 g/mol. The van der Waals surface area contributed by atoms with E-state index in [4.69, 9.17) is 0 Å². The highest BCUT2D eigenvalue weighted by molar-refractivity contribution is 5.94. The normalized spacial score (nSPS) is 11.6. The van der Waals surface area contributed by atoms with Crippen LogP contribution in [0.2, 0.25) is 0 Å². The van der Waals surface area contributed by atoms with Crippen LogP contribution in [0.5, 0.6) is 0 Å². The molecule has 54 heavy (non-hydrogen) atoms. The largest absolute Gasteiger partial charge is 0.308 e. The van der Waals surface area contributed by atoms with E-state index in [1.165, 1.54) is 170 Å². The molecular weight excluding hydrogens is 653 g/mol. The number of aromatic nitrogens is 2. The van der Waals surface area contributed by atoms with Gasteiger partial charge >= 0.3 is 0 Å². The Hall–Kier alpha value is -4.30. The second-order valence-corrected chi connectivity index (χ2v) is 15.9. The van der Waals surface area contributed by atoms with Crippen molar-refractivity contribution in [2.75, 3.05) is 0 Å². The van der Waals surface area contributed by atoms with Gasteiger partial charge in [-0.2, -0.15) is 0 Å². The zero-order valence-corrected chi connectivity index (χ0v) is 34.0. The van der Waals surface area contributed by atoms with Gasteiger partial charge in [-0.15, -0.1) is 0 Å². The van der Waals surface area contributed by atoms with Gasteiger partial charge in [0, 0.05) is 22.5 Å². The van der Waals surface area contributed by atoms with Crippen molar-refractivity contribution in [2.24, 2.45) is 0 Å². The molecule has 0 spiro atoms. The molecule has 6 aromatic rings. The maximum atomic E-state index is 2.51. The first-order valence-corrected chi connectivity index (χ1v) is 21.7. The van der Waals surface area contributed by atoms with E-state index in [9.17, 15) is 0 Å². The monoisotopic (exact) mass is 719 g/mol. The molecule has 0 bridgehead atoms. The Labute approximate surface area is 327 Å². The summed E-state index contributed by atoms with van der Waals surface area (Å²) in [7, 11) is 0. The van der Waals surface area contributed by atoms with E-state index in [2.05, 4.69) is 146 Å². The van der Waals surface area contributed by atoms with Gasteiger partial charge < -0.3 is 9.13 Å². The second kappa shape index (κ2) is 20.4. The molecule has 0 aliphatic carbocycles. The molecule has 0 amide bonds. The number of aryl methyl sites for hydroxylation is 4. The fourth-order valence-corrected chi connectivity index (χ4v) is 8.38. The van der Waals surface area contributed by atoms with Crippen molar-refractivity contribution in [2.45, 2.75) is 143 Å². The van der Waals surface area contributed by atoms with Crippen LogP contribution >= 0.6 is 0 Å². The molecule has 2 heterocycles. The fraction of sp³-hybridized carbons (Fsp3) is 0.423. The van der Waals surface area contributed by atoms with Crippen LogP contribution in [0.3, 0.4) is 0 Å². The summed E-state index contributed by atoms with van der Waals surface area (Å²) in [6, 6.07) is 41.4. The van der Waals surface area contributed by atoms with Crippen molar-refractivity contribution in [3.8, 4) is 33.9 Å². The van der Waals surface area contributed by atoms with Crippen molar-refractivity contribution in [3.05, 3.63) is 131 Å². The summed E-state index contributed by atoms with van der Waals surface area (Å²) in [6.07, 6.45) is 24.0. The predicted octanol–water partition coefficient (Wildman–Crippen LogP) is 15.7. The molecule has 0 atom stereocenters. The van der Waals surface area contributed by atoms with Gasteiger partial charge in [0.25, 0.3) is 0 Å². The van der Waals surface area contributed by atoms with E-state index >= 15 is 0 Å². The van der Waals surface area contributed by atoms with Gasteiger partial charge in [0.2, 0.25) is 0 Å². The van der Waals surface area contributed by atoms with E-state index in [0.29, 0.717) is 0 Å². The van der Waals surface area contributed by atoms with Gasteiger partial charge in [0.15, 0.2) is 0 Å². The summed E-state index contributed by atoms with van der Waals surface area (Å²) in [6.45, 7) is 9.07. The molecule has 0 fully saturated rings. The first-order chi connectivity index (χ1) is 26.6. The Bertz CT molecular complexity index is 1860. The third kappa shape index (κ3) is 10.1. The molecule has 0 N–H and O–H groups in total. The van der Waals surface area contributed by atoms with E-state index < -0.39 is 0 Å². The highest BCUT2D eigenvalue weighted by atomic mass is 15.1. The Morgan fingerprint density at radius 2 is 0.704 bits per heavy atom. The highest BCUT2D eigenvalue weighted by Gasteiger charge is 2.22. The van der Waals surface area contributed by atoms with Crippen molar-refractivity contribution in [3.63, 3.8) is 0 Å². The van der Waals surface area contributed by atoms with E-state index in [1.807, 2.05) is 0 Å². The zero-order valence-electron chi connectivity index (χ0n) is 34.0. The van der Waals surface area contributed by atoms with Crippen LogP contribution in [-0.4, -0.2) is 9.13 Å². The van der Waals surface area contributed by atoms with Gasteiger partial charge in [-0.3, -0.25) is 0 Å². The van der Waals surface area contributed by atoms with Gasteiger partial charge in [-0.1, -0.05) is 177 Å². The smallest absolute Gasteiger partial charge is 0.0724 e. The minimum atomic E-state index is 1.16. The van der Waals surface area contributed by atoms with Crippen LogP contribution in [-0.2, 0) is 12.8 Å². The molecule has 0 radical (unpaired) electrons. The second-order valence-electron chi connectivity index (χ2n) is 15.9. The minimum absolute atomic E-state index is 1.16. The Balaban J connectivity index is 1.30. The lowest BCUT2D eigenvalue weighted by Gasteiger charge is -2.14. The molecule has 4 aromatic carbocycles. The number of hydrogen-bond donors (Lipinski definition) is 0. The molecule has 2 nitrogen and oxygen atoms in total. The van der Waals surface area contributed by atoms with Gasteiger partial charge in [0.1, 0.15) is 0 Å². The summed E-state index contributed by atoms with van der Waals surface area (Å²) in [4.78, 5) is 0. The molecule has 0 saturated heterocycles. The van der Waals surface area contributed by atoms with Crippen LogP contribution in [0.15, 0.2) is 109 Å². The molecule has 0 saturated carbocycles. The van der Waals surface area contributed by atoms with E-state index in [1.54, 1.807) is 0 Å². The fourth-order valence-electron chi connectivity index (χ4n) is 8.38. The van der Waals surface area contributed by atoms with Crippen molar-refractivity contribution >= 4 is 11.0 Å². The molecular formula is C52H66N2. The van der Waals surface area contributed by atoms with Crippen LogP contribution in [0.25, 0.3) is 44.9 Å². The number of benzene rings is 4. The molecule has 284 valence electrons. The van der Waals surface area contributed by atoms with Crippen LogP contribution < -0.4 is 0 Å². The van der Waals surface area contributed by atoms with E-state index in [-0.39, 0.29) is 0 Å². The number of unbranched alkanes of at least 4 members (excludes halogenated alkanes) is 14.